The minimum absolute atomic E-state index is 0.0717. The highest BCUT2D eigenvalue weighted by molar-refractivity contribution is 5.91. The van der Waals surface area contributed by atoms with Crippen LogP contribution in [0.3, 0.4) is 0 Å². The molecule has 3 rings (SSSR count). The molecule has 1 unspecified atom stereocenters. The van der Waals surface area contributed by atoms with Crippen LogP contribution >= 0.6 is 0 Å². The zero-order chi connectivity index (χ0) is 17.3. The number of likely N-dealkylation sites (tertiary alicyclic amines) is 1. The largest absolute Gasteiger partial charge is 0.444 e. The lowest BCUT2D eigenvalue weighted by atomic mass is 9.93. The van der Waals surface area contributed by atoms with Gasteiger partial charge in [-0.2, -0.15) is 0 Å². The zero-order valence-electron chi connectivity index (χ0n) is 14.4. The second-order valence-corrected chi connectivity index (χ2v) is 7.25. The summed E-state index contributed by atoms with van der Waals surface area (Å²) in [5, 5.41) is 2.19. The van der Waals surface area contributed by atoms with E-state index in [1.807, 2.05) is 63.2 Å². The Labute approximate surface area is 142 Å². The molecule has 0 aliphatic carbocycles. The van der Waals surface area contributed by atoms with E-state index in [2.05, 4.69) is 0 Å². The van der Waals surface area contributed by atoms with E-state index in [0.29, 0.717) is 19.4 Å². The van der Waals surface area contributed by atoms with Crippen molar-refractivity contribution < 1.29 is 14.3 Å². The predicted octanol–water partition coefficient (Wildman–Crippen LogP) is 4.48. The first-order chi connectivity index (χ1) is 11.3. The summed E-state index contributed by atoms with van der Waals surface area (Å²) in [5.74, 6) is 0.0717. The van der Waals surface area contributed by atoms with Crippen LogP contribution in [0.5, 0.6) is 0 Å². The molecule has 1 atom stereocenters. The van der Waals surface area contributed by atoms with Gasteiger partial charge in [0.15, 0.2) is 5.78 Å². The van der Waals surface area contributed by atoms with Crippen LogP contribution in [-0.2, 0) is 9.53 Å². The monoisotopic (exact) mass is 325 g/mol. The second-order valence-electron chi connectivity index (χ2n) is 7.25. The molecular formula is C20H23NO3. The minimum atomic E-state index is -0.578. The molecule has 0 saturated carbocycles. The Bertz CT molecular complexity index is 776. The number of carbonyl (C=O) groups is 2. The Morgan fingerprint density at radius 3 is 2.54 bits per heavy atom. The van der Waals surface area contributed by atoms with Crippen LogP contribution < -0.4 is 0 Å². The molecule has 1 aliphatic heterocycles. The highest BCUT2D eigenvalue weighted by atomic mass is 16.6. The van der Waals surface area contributed by atoms with Crippen molar-refractivity contribution in [3.63, 3.8) is 0 Å². The number of ketones is 1. The summed E-state index contributed by atoms with van der Waals surface area (Å²) in [5.41, 5.74) is 0.273. The number of benzene rings is 2. The SMILES string of the molecule is CC(C)(C)OC(=O)N1CCCC(=O)C1c1ccc2ccccc2c1. The fourth-order valence-electron chi connectivity index (χ4n) is 3.12. The summed E-state index contributed by atoms with van der Waals surface area (Å²) in [4.78, 5) is 26.7. The molecule has 0 bridgehead atoms. The van der Waals surface area contributed by atoms with Gasteiger partial charge in [0.1, 0.15) is 11.6 Å². The summed E-state index contributed by atoms with van der Waals surface area (Å²) >= 11 is 0. The van der Waals surface area contributed by atoms with Gasteiger partial charge < -0.3 is 4.74 Å². The molecule has 2 aromatic rings. The van der Waals surface area contributed by atoms with E-state index in [-0.39, 0.29) is 5.78 Å². The van der Waals surface area contributed by atoms with Gasteiger partial charge in [-0.15, -0.1) is 0 Å². The first-order valence-corrected chi connectivity index (χ1v) is 8.36. The van der Waals surface area contributed by atoms with Crippen molar-refractivity contribution in [2.75, 3.05) is 6.54 Å². The van der Waals surface area contributed by atoms with Gasteiger partial charge in [-0.1, -0.05) is 36.4 Å². The van der Waals surface area contributed by atoms with Crippen LogP contribution in [0.2, 0.25) is 0 Å². The number of rotatable bonds is 1. The van der Waals surface area contributed by atoms with E-state index >= 15 is 0 Å². The number of hydrogen-bond acceptors (Lipinski definition) is 3. The molecule has 4 nitrogen and oxygen atoms in total. The Kier molecular flexibility index (Phi) is 4.31. The van der Waals surface area contributed by atoms with Crippen LogP contribution in [0.15, 0.2) is 42.5 Å². The van der Waals surface area contributed by atoms with Crippen LogP contribution in [0.4, 0.5) is 4.79 Å². The number of carbonyl (C=O) groups excluding carboxylic acids is 2. The molecule has 0 N–H and O–H groups in total. The molecule has 1 heterocycles. The number of ether oxygens (including phenoxy) is 1. The molecule has 1 fully saturated rings. The Morgan fingerprint density at radius 2 is 1.83 bits per heavy atom. The normalized spacial score (nSPS) is 18.7. The zero-order valence-corrected chi connectivity index (χ0v) is 14.4. The van der Waals surface area contributed by atoms with Crippen molar-refractivity contribution in [2.45, 2.75) is 45.3 Å². The standard InChI is InChI=1S/C20H23NO3/c1-20(2,3)24-19(23)21-12-6-9-17(22)18(21)16-11-10-14-7-4-5-8-15(14)13-16/h4-5,7-8,10-11,13,18H,6,9,12H2,1-3H3. The Balaban J connectivity index is 1.96. The van der Waals surface area contributed by atoms with E-state index < -0.39 is 17.7 Å². The maximum atomic E-state index is 12.6. The van der Waals surface area contributed by atoms with Gasteiger partial charge in [-0.05, 0) is 49.6 Å². The highest BCUT2D eigenvalue weighted by Gasteiger charge is 2.36. The smallest absolute Gasteiger partial charge is 0.411 e. The summed E-state index contributed by atoms with van der Waals surface area (Å²) in [6, 6.07) is 13.4. The number of Topliss-reactive ketones (excluding diaryl/α,β-unsaturated/α-hetero) is 1. The lowest BCUT2D eigenvalue weighted by molar-refractivity contribution is -0.127. The maximum Gasteiger partial charge on any atom is 0.411 e. The number of piperidine rings is 1. The molecule has 4 heteroatoms. The first kappa shape index (κ1) is 16.5. The van der Waals surface area contributed by atoms with Gasteiger partial charge in [-0.25, -0.2) is 4.79 Å². The van der Waals surface area contributed by atoms with Gasteiger partial charge in [-0.3, -0.25) is 9.69 Å². The van der Waals surface area contributed by atoms with Gasteiger partial charge in [0.25, 0.3) is 0 Å². The van der Waals surface area contributed by atoms with Crippen molar-refractivity contribution in [1.82, 2.24) is 4.90 Å². The van der Waals surface area contributed by atoms with E-state index in [1.165, 1.54) is 0 Å². The predicted molar refractivity (Wildman–Crippen MR) is 93.9 cm³/mol. The third-order valence-corrected chi connectivity index (χ3v) is 4.16. The molecular weight excluding hydrogens is 302 g/mol. The number of fused-ring (bicyclic) bond motifs is 1. The topological polar surface area (TPSA) is 46.6 Å². The average molecular weight is 325 g/mol. The lowest BCUT2D eigenvalue weighted by Crippen LogP contribution is -2.45. The van der Waals surface area contributed by atoms with Gasteiger partial charge in [0, 0.05) is 13.0 Å². The fourth-order valence-corrected chi connectivity index (χ4v) is 3.12. The van der Waals surface area contributed by atoms with Crippen LogP contribution in [-0.4, -0.2) is 28.9 Å². The van der Waals surface area contributed by atoms with Gasteiger partial charge in [0.05, 0.1) is 0 Å². The maximum absolute atomic E-state index is 12.6. The third kappa shape index (κ3) is 3.42. The second kappa shape index (κ2) is 6.27. The van der Waals surface area contributed by atoms with Gasteiger partial charge >= 0.3 is 6.09 Å². The summed E-state index contributed by atoms with van der Waals surface area (Å²) in [6.45, 7) is 6.04. The molecule has 1 saturated heterocycles. The molecule has 0 radical (unpaired) electrons. The van der Waals surface area contributed by atoms with E-state index in [1.54, 1.807) is 4.90 Å². The Morgan fingerprint density at radius 1 is 1.12 bits per heavy atom. The van der Waals surface area contributed by atoms with Crippen LogP contribution in [0, 0.1) is 0 Å². The van der Waals surface area contributed by atoms with E-state index in [0.717, 1.165) is 16.3 Å². The number of hydrogen-bond donors (Lipinski definition) is 0. The van der Waals surface area contributed by atoms with E-state index in [9.17, 15) is 9.59 Å². The summed E-state index contributed by atoms with van der Waals surface area (Å²) in [6.07, 6.45) is 0.757. The molecule has 24 heavy (non-hydrogen) atoms. The van der Waals surface area contributed by atoms with Crippen molar-refractivity contribution in [1.29, 1.82) is 0 Å². The minimum Gasteiger partial charge on any atom is -0.444 e. The van der Waals surface area contributed by atoms with Crippen molar-refractivity contribution in [3.8, 4) is 0 Å². The molecule has 2 aromatic carbocycles. The van der Waals surface area contributed by atoms with Crippen LogP contribution in [0.1, 0.15) is 45.2 Å². The fraction of sp³-hybridized carbons (Fsp3) is 0.400. The quantitative estimate of drug-likeness (QED) is 0.776. The van der Waals surface area contributed by atoms with E-state index in [4.69, 9.17) is 4.74 Å². The van der Waals surface area contributed by atoms with Crippen LogP contribution in [0.25, 0.3) is 10.8 Å². The first-order valence-electron chi connectivity index (χ1n) is 8.36. The molecule has 1 amide bonds. The number of nitrogens with zero attached hydrogens (tertiary/aromatic N) is 1. The highest BCUT2D eigenvalue weighted by Crippen LogP contribution is 2.31. The Hall–Kier alpha value is -2.36. The molecule has 126 valence electrons. The molecule has 0 spiro atoms. The van der Waals surface area contributed by atoms with Gasteiger partial charge in [0.2, 0.25) is 0 Å². The molecule has 1 aliphatic rings. The summed E-state index contributed by atoms with van der Waals surface area (Å²) in [7, 11) is 0. The van der Waals surface area contributed by atoms with Crippen molar-refractivity contribution in [2.24, 2.45) is 0 Å². The summed E-state index contributed by atoms with van der Waals surface area (Å²) < 4.78 is 5.50. The van der Waals surface area contributed by atoms with Crippen molar-refractivity contribution >= 4 is 22.6 Å². The lowest BCUT2D eigenvalue weighted by Gasteiger charge is -2.36. The van der Waals surface area contributed by atoms with Crippen molar-refractivity contribution in [3.05, 3.63) is 48.0 Å². The molecule has 0 aromatic heterocycles. The average Bonchev–Trinajstić information content (AvgIpc) is 2.52. The third-order valence-electron chi connectivity index (χ3n) is 4.16. The number of amides is 1.